The Balaban J connectivity index is 2.52. The van der Waals surface area contributed by atoms with Crippen LogP contribution in [0.1, 0.15) is 18.5 Å². The predicted octanol–water partition coefficient (Wildman–Crippen LogP) is 2.65. The molecule has 0 aliphatic heterocycles. The van der Waals surface area contributed by atoms with E-state index in [9.17, 15) is 13.2 Å². The summed E-state index contributed by atoms with van der Waals surface area (Å²) in [5.41, 5.74) is 6.54. The van der Waals surface area contributed by atoms with Crippen molar-refractivity contribution in [3.8, 4) is 0 Å². The Morgan fingerprint density at radius 3 is 2.31 bits per heavy atom. The van der Waals surface area contributed by atoms with Crippen LogP contribution in [0.3, 0.4) is 0 Å². The van der Waals surface area contributed by atoms with Crippen LogP contribution in [0.5, 0.6) is 0 Å². The fraction of sp³-hybridized carbons (Fsp3) is 0.455. The number of hydrogen-bond acceptors (Lipinski definition) is 2. The highest BCUT2D eigenvalue weighted by Crippen LogP contribution is 2.20. The lowest BCUT2D eigenvalue weighted by Gasteiger charge is -2.21. The second kappa shape index (κ2) is 5.32. The number of alkyl halides is 3. The molecule has 0 saturated carbocycles. The molecule has 0 heterocycles. The van der Waals surface area contributed by atoms with Gasteiger partial charge in [-0.1, -0.05) is 30.3 Å². The molecule has 2 nitrogen and oxygen atoms in total. The smallest absolute Gasteiger partial charge is 0.367 e. The Bertz CT molecular complexity index is 313. The Hall–Kier alpha value is -1.07. The maximum Gasteiger partial charge on any atom is 0.411 e. The van der Waals surface area contributed by atoms with Crippen molar-refractivity contribution in [3.63, 3.8) is 0 Å². The third-order valence-corrected chi connectivity index (χ3v) is 2.20. The molecule has 0 bridgehead atoms. The minimum absolute atomic E-state index is 0.552. The summed E-state index contributed by atoms with van der Waals surface area (Å²) in [5.74, 6) is 0. The van der Waals surface area contributed by atoms with Gasteiger partial charge in [-0.15, -0.1) is 0 Å². The van der Waals surface area contributed by atoms with Gasteiger partial charge >= 0.3 is 6.18 Å². The number of rotatable bonds is 4. The van der Waals surface area contributed by atoms with Gasteiger partial charge in [0.25, 0.3) is 0 Å². The van der Waals surface area contributed by atoms with E-state index in [2.05, 4.69) is 4.74 Å². The van der Waals surface area contributed by atoms with E-state index in [0.29, 0.717) is 0 Å². The van der Waals surface area contributed by atoms with Gasteiger partial charge in [0.05, 0.1) is 12.1 Å². The Morgan fingerprint density at radius 2 is 1.81 bits per heavy atom. The van der Waals surface area contributed by atoms with Crippen molar-refractivity contribution in [2.24, 2.45) is 5.73 Å². The second-order valence-corrected chi connectivity index (χ2v) is 3.57. The highest BCUT2D eigenvalue weighted by atomic mass is 19.4. The van der Waals surface area contributed by atoms with Crippen LogP contribution in [0, 0.1) is 0 Å². The normalized spacial score (nSPS) is 15.8. The Kier molecular flexibility index (Phi) is 4.32. The number of hydrogen-bond donors (Lipinski definition) is 1. The zero-order valence-electron chi connectivity index (χ0n) is 8.87. The first kappa shape index (κ1) is 13.0. The number of benzene rings is 1. The molecule has 0 aromatic heterocycles. The summed E-state index contributed by atoms with van der Waals surface area (Å²) >= 11 is 0. The molecule has 5 heteroatoms. The first-order valence-electron chi connectivity index (χ1n) is 4.89. The van der Waals surface area contributed by atoms with E-state index >= 15 is 0 Å². The molecule has 16 heavy (non-hydrogen) atoms. The van der Waals surface area contributed by atoms with Gasteiger partial charge in [0, 0.05) is 0 Å². The topological polar surface area (TPSA) is 35.2 Å². The predicted molar refractivity (Wildman–Crippen MR) is 54.8 cm³/mol. The van der Waals surface area contributed by atoms with Crippen molar-refractivity contribution in [1.82, 2.24) is 0 Å². The quantitative estimate of drug-likeness (QED) is 0.867. The summed E-state index contributed by atoms with van der Waals surface area (Å²) in [6.07, 6.45) is -4.99. The van der Waals surface area contributed by atoms with E-state index in [1.807, 2.05) is 6.07 Å². The monoisotopic (exact) mass is 233 g/mol. The molecule has 1 rings (SSSR count). The molecule has 90 valence electrons. The van der Waals surface area contributed by atoms with E-state index in [0.717, 1.165) is 5.56 Å². The van der Waals surface area contributed by atoms with E-state index in [-0.39, 0.29) is 0 Å². The van der Waals surface area contributed by atoms with Crippen molar-refractivity contribution < 1.29 is 17.9 Å². The number of ether oxygens (including phenoxy) is 1. The average molecular weight is 233 g/mol. The summed E-state index contributed by atoms with van der Waals surface area (Å²) in [7, 11) is 0. The van der Waals surface area contributed by atoms with Crippen molar-refractivity contribution in [2.45, 2.75) is 25.2 Å². The lowest BCUT2D eigenvalue weighted by Crippen LogP contribution is -2.30. The number of halogens is 3. The molecular weight excluding hydrogens is 219 g/mol. The fourth-order valence-corrected chi connectivity index (χ4v) is 1.28. The maximum absolute atomic E-state index is 11.9. The molecular formula is C11H14F3NO. The van der Waals surface area contributed by atoms with Gasteiger partial charge in [-0.05, 0) is 12.5 Å². The molecule has 0 fully saturated rings. The van der Waals surface area contributed by atoms with Gasteiger partial charge in [0.15, 0.2) is 0 Å². The standard InChI is InChI=1S/C11H14F3NO/c1-8(16-7-11(12,13)14)10(15)9-5-3-2-4-6-9/h2-6,8,10H,7,15H2,1H3. The molecule has 1 aromatic carbocycles. The zero-order valence-corrected chi connectivity index (χ0v) is 8.87. The summed E-state index contributed by atoms with van der Waals surface area (Å²) in [6, 6.07) is 8.36. The molecule has 0 aliphatic carbocycles. The Morgan fingerprint density at radius 1 is 1.25 bits per heavy atom. The van der Waals surface area contributed by atoms with E-state index < -0.39 is 24.9 Å². The SMILES string of the molecule is CC(OCC(F)(F)F)C(N)c1ccccc1. The van der Waals surface area contributed by atoms with Gasteiger partial charge in [0.1, 0.15) is 6.61 Å². The van der Waals surface area contributed by atoms with Crippen LogP contribution in [-0.2, 0) is 4.74 Å². The molecule has 0 saturated heterocycles. The first-order chi connectivity index (χ1) is 7.40. The van der Waals surface area contributed by atoms with E-state index in [1.54, 1.807) is 24.3 Å². The highest BCUT2D eigenvalue weighted by Gasteiger charge is 2.29. The largest absolute Gasteiger partial charge is 0.411 e. The van der Waals surface area contributed by atoms with E-state index in [4.69, 9.17) is 5.73 Å². The number of nitrogens with two attached hydrogens (primary N) is 1. The van der Waals surface area contributed by atoms with Gasteiger partial charge in [0.2, 0.25) is 0 Å². The van der Waals surface area contributed by atoms with Crippen molar-refractivity contribution in [2.75, 3.05) is 6.61 Å². The van der Waals surface area contributed by atoms with Gasteiger partial charge in [-0.2, -0.15) is 13.2 Å². The molecule has 0 radical (unpaired) electrons. The molecule has 0 aliphatic rings. The molecule has 2 N–H and O–H groups in total. The summed E-state index contributed by atoms with van der Waals surface area (Å²) in [4.78, 5) is 0. The molecule has 2 atom stereocenters. The summed E-state index contributed by atoms with van der Waals surface area (Å²) < 4.78 is 40.4. The first-order valence-corrected chi connectivity index (χ1v) is 4.89. The van der Waals surface area contributed by atoms with Crippen LogP contribution in [0.25, 0.3) is 0 Å². The molecule has 0 amide bonds. The minimum Gasteiger partial charge on any atom is -0.367 e. The third-order valence-electron chi connectivity index (χ3n) is 2.20. The van der Waals surface area contributed by atoms with Crippen molar-refractivity contribution in [3.05, 3.63) is 35.9 Å². The molecule has 2 unspecified atom stereocenters. The van der Waals surface area contributed by atoms with Crippen LogP contribution in [0.4, 0.5) is 13.2 Å². The summed E-state index contributed by atoms with van der Waals surface area (Å²) in [6.45, 7) is 0.262. The zero-order chi connectivity index (χ0) is 12.2. The van der Waals surface area contributed by atoms with Crippen LogP contribution >= 0.6 is 0 Å². The van der Waals surface area contributed by atoms with Crippen molar-refractivity contribution >= 4 is 0 Å². The van der Waals surface area contributed by atoms with Crippen LogP contribution in [0.15, 0.2) is 30.3 Å². The Labute approximate surface area is 92.2 Å². The van der Waals surface area contributed by atoms with Gasteiger partial charge in [-0.25, -0.2) is 0 Å². The lowest BCUT2D eigenvalue weighted by molar-refractivity contribution is -0.185. The minimum atomic E-state index is -4.31. The highest BCUT2D eigenvalue weighted by molar-refractivity contribution is 5.19. The van der Waals surface area contributed by atoms with Crippen LogP contribution < -0.4 is 5.73 Å². The fourth-order valence-electron chi connectivity index (χ4n) is 1.28. The lowest BCUT2D eigenvalue weighted by atomic mass is 10.0. The van der Waals surface area contributed by atoms with E-state index in [1.165, 1.54) is 6.92 Å². The van der Waals surface area contributed by atoms with Crippen LogP contribution in [-0.4, -0.2) is 18.9 Å². The van der Waals surface area contributed by atoms with Crippen molar-refractivity contribution in [1.29, 1.82) is 0 Å². The van der Waals surface area contributed by atoms with Crippen LogP contribution in [0.2, 0.25) is 0 Å². The maximum atomic E-state index is 11.9. The second-order valence-electron chi connectivity index (χ2n) is 3.57. The molecule has 1 aromatic rings. The molecule has 0 spiro atoms. The summed E-state index contributed by atoms with van der Waals surface area (Å²) in [5, 5.41) is 0. The average Bonchev–Trinajstić information content (AvgIpc) is 2.25. The third kappa shape index (κ3) is 4.20. The van der Waals surface area contributed by atoms with Gasteiger partial charge in [-0.3, -0.25) is 0 Å². The van der Waals surface area contributed by atoms with Gasteiger partial charge < -0.3 is 10.5 Å².